The van der Waals surface area contributed by atoms with Crippen LogP contribution in [0.25, 0.3) is 0 Å². The molecule has 1 heterocycles. The quantitative estimate of drug-likeness (QED) is 0.667. The molecule has 1 aliphatic heterocycles. The largest absolute Gasteiger partial charge is 0.327 e. The lowest BCUT2D eigenvalue weighted by Crippen LogP contribution is -2.46. The summed E-state index contributed by atoms with van der Waals surface area (Å²) in [5, 5.41) is 11.0. The van der Waals surface area contributed by atoms with Crippen molar-refractivity contribution in [2.45, 2.75) is 32.4 Å². The Morgan fingerprint density at radius 3 is 2.89 bits per heavy atom. The smallest absolute Gasteiger partial charge is 0.273 e. The predicted octanol–water partition coefficient (Wildman–Crippen LogP) is 2.15. The molecule has 0 spiro atoms. The molecular formula is C14H21N3O2. The van der Waals surface area contributed by atoms with Crippen LogP contribution in [-0.4, -0.2) is 29.0 Å². The summed E-state index contributed by atoms with van der Waals surface area (Å²) < 4.78 is 0. The Bertz CT molecular complexity index is 450. The maximum absolute atomic E-state index is 11.0. The van der Waals surface area contributed by atoms with Crippen molar-refractivity contribution in [3.63, 3.8) is 0 Å². The lowest BCUT2D eigenvalue weighted by Gasteiger charge is -2.36. The van der Waals surface area contributed by atoms with Gasteiger partial charge in [-0.3, -0.25) is 15.0 Å². The van der Waals surface area contributed by atoms with E-state index < -0.39 is 0 Å². The summed E-state index contributed by atoms with van der Waals surface area (Å²) in [5.41, 5.74) is 7.09. The molecule has 104 valence electrons. The zero-order valence-corrected chi connectivity index (χ0v) is 11.3. The highest BCUT2D eigenvalue weighted by atomic mass is 16.6. The molecule has 0 amide bonds. The summed E-state index contributed by atoms with van der Waals surface area (Å²) in [6.45, 7) is 4.65. The molecule has 0 aliphatic carbocycles. The number of likely N-dealkylation sites (tertiary alicyclic amines) is 1. The first-order valence-electron chi connectivity index (χ1n) is 6.82. The van der Waals surface area contributed by atoms with Crippen molar-refractivity contribution in [1.29, 1.82) is 0 Å². The predicted molar refractivity (Wildman–Crippen MR) is 74.7 cm³/mol. The zero-order chi connectivity index (χ0) is 13.8. The van der Waals surface area contributed by atoms with Gasteiger partial charge in [0.25, 0.3) is 5.69 Å². The van der Waals surface area contributed by atoms with Gasteiger partial charge in [0, 0.05) is 30.8 Å². The Hall–Kier alpha value is -1.46. The van der Waals surface area contributed by atoms with Crippen LogP contribution in [0.5, 0.6) is 0 Å². The van der Waals surface area contributed by atoms with Crippen molar-refractivity contribution in [1.82, 2.24) is 4.90 Å². The first-order valence-corrected chi connectivity index (χ1v) is 6.82. The number of piperidine rings is 1. The maximum Gasteiger partial charge on any atom is 0.273 e. The molecule has 5 nitrogen and oxygen atoms in total. The Kier molecular flexibility index (Phi) is 4.50. The molecule has 1 saturated heterocycles. The molecule has 0 bridgehead atoms. The van der Waals surface area contributed by atoms with Crippen LogP contribution < -0.4 is 5.73 Å². The highest BCUT2D eigenvalue weighted by Crippen LogP contribution is 2.24. The monoisotopic (exact) mass is 263 g/mol. The van der Waals surface area contributed by atoms with Gasteiger partial charge in [-0.1, -0.05) is 31.5 Å². The summed E-state index contributed by atoms with van der Waals surface area (Å²) in [4.78, 5) is 13.0. The van der Waals surface area contributed by atoms with Gasteiger partial charge in [0.15, 0.2) is 0 Å². The van der Waals surface area contributed by atoms with Gasteiger partial charge in [0.2, 0.25) is 0 Å². The van der Waals surface area contributed by atoms with E-state index in [4.69, 9.17) is 5.73 Å². The Balaban J connectivity index is 2.07. The fraction of sp³-hybridized carbons (Fsp3) is 0.571. The summed E-state index contributed by atoms with van der Waals surface area (Å²) in [5.74, 6) is 0.497. The number of rotatable bonds is 4. The number of nitro groups is 1. The van der Waals surface area contributed by atoms with Crippen molar-refractivity contribution in [3.8, 4) is 0 Å². The van der Waals surface area contributed by atoms with Crippen molar-refractivity contribution in [2.24, 2.45) is 11.7 Å². The van der Waals surface area contributed by atoms with Crippen molar-refractivity contribution in [2.75, 3.05) is 13.1 Å². The maximum atomic E-state index is 11.0. The standard InChI is InChI=1S/C14H21N3O2/c1-2-11-9-16(8-7-13(11)15)10-12-5-3-4-6-14(12)17(18)19/h3-6,11,13H,2,7-10,15H2,1H3. The minimum absolute atomic E-state index is 0.213. The van der Waals surface area contributed by atoms with Gasteiger partial charge in [0.05, 0.1) is 4.92 Å². The second-order valence-corrected chi connectivity index (χ2v) is 5.24. The number of nitrogens with zero attached hydrogens (tertiary/aromatic N) is 2. The third-order valence-corrected chi connectivity index (χ3v) is 3.98. The molecule has 1 fully saturated rings. The fourth-order valence-electron chi connectivity index (χ4n) is 2.76. The first kappa shape index (κ1) is 14.0. The summed E-state index contributed by atoms with van der Waals surface area (Å²) in [7, 11) is 0. The molecule has 0 radical (unpaired) electrons. The van der Waals surface area contributed by atoms with E-state index in [9.17, 15) is 10.1 Å². The van der Waals surface area contributed by atoms with E-state index in [1.165, 1.54) is 0 Å². The van der Waals surface area contributed by atoms with Crippen molar-refractivity contribution < 1.29 is 4.92 Å². The normalized spacial score (nSPS) is 24.3. The second kappa shape index (κ2) is 6.12. The highest BCUT2D eigenvalue weighted by molar-refractivity contribution is 5.39. The van der Waals surface area contributed by atoms with Crippen LogP contribution in [0.3, 0.4) is 0 Å². The van der Waals surface area contributed by atoms with Crippen LogP contribution >= 0.6 is 0 Å². The lowest BCUT2D eigenvalue weighted by molar-refractivity contribution is -0.385. The molecule has 1 aliphatic rings. The Morgan fingerprint density at radius 2 is 2.21 bits per heavy atom. The average molecular weight is 263 g/mol. The highest BCUT2D eigenvalue weighted by Gasteiger charge is 2.26. The Morgan fingerprint density at radius 1 is 1.47 bits per heavy atom. The topological polar surface area (TPSA) is 72.4 Å². The van der Waals surface area contributed by atoms with E-state index in [2.05, 4.69) is 11.8 Å². The van der Waals surface area contributed by atoms with Crippen LogP contribution in [-0.2, 0) is 6.54 Å². The number of benzene rings is 1. The van der Waals surface area contributed by atoms with E-state index in [0.717, 1.165) is 31.5 Å². The van der Waals surface area contributed by atoms with Crippen LogP contribution in [0.2, 0.25) is 0 Å². The van der Waals surface area contributed by atoms with Crippen LogP contribution in [0.1, 0.15) is 25.3 Å². The first-order chi connectivity index (χ1) is 9.11. The SMILES string of the molecule is CCC1CN(Cc2ccccc2[N+](=O)[O-])CCC1N. The van der Waals surface area contributed by atoms with E-state index in [1.807, 2.05) is 12.1 Å². The molecule has 0 aromatic heterocycles. The minimum Gasteiger partial charge on any atom is -0.327 e. The molecule has 19 heavy (non-hydrogen) atoms. The second-order valence-electron chi connectivity index (χ2n) is 5.24. The van der Waals surface area contributed by atoms with Gasteiger partial charge in [-0.15, -0.1) is 0 Å². The van der Waals surface area contributed by atoms with Gasteiger partial charge >= 0.3 is 0 Å². The van der Waals surface area contributed by atoms with Gasteiger partial charge in [-0.25, -0.2) is 0 Å². The van der Waals surface area contributed by atoms with Crippen LogP contribution in [0, 0.1) is 16.0 Å². The Labute approximate surface area is 113 Å². The fourth-order valence-corrected chi connectivity index (χ4v) is 2.76. The van der Waals surface area contributed by atoms with Crippen LogP contribution in [0.15, 0.2) is 24.3 Å². The van der Waals surface area contributed by atoms with E-state index in [-0.39, 0.29) is 16.7 Å². The van der Waals surface area contributed by atoms with E-state index in [1.54, 1.807) is 12.1 Å². The molecule has 5 heteroatoms. The minimum atomic E-state index is -0.303. The van der Waals surface area contributed by atoms with Crippen molar-refractivity contribution >= 4 is 5.69 Å². The number of para-hydroxylation sites is 1. The molecule has 2 N–H and O–H groups in total. The average Bonchev–Trinajstić information content (AvgIpc) is 2.41. The molecule has 2 unspecified atom stereocenters. The summed E-state index contributed by atoms with van der Waals surface area (Å²) in [6, 6.07) is 7.25. The molecule has 0 saturated carbocycles. The summed E-state index contributed by atoms with van der Waals surface area (Å²) >= 11 is 0. The number of nitrogens with two attached hydrogens (primary N) is 1. The van der Waals surface area contributed by atoms with Crippen LogP contribution in [0.4, 0.5) is 5.69 Å². The zero-order valence-electron chi connectivity index (χ0n) is 11.3. The van der Waals surface area contributed by atoms with Gasteiger partial charge in [-0.05, 0) is 18.9 Å². The number of hydrogen-bond acceptors (Lipinski definition) is 4. The van der Waals surface area contributed by atoms with E-state index in [0.29, 0.717) is 12.5 Å². The third kappa shape index (κ3) is 3.30. The molecule has 1 aromatic rings. The van der Waals surface area contributed by atoms with Gasteiger partial charge in [0.1, 0.15) is 0 Å². The van der Waals surface area contributed by atoms with Crippen molar-refractivity contribution in [3.05, 3.63) is 39.9 Å². The van der Waals surface area contributed by atoms with E-state index >= 15 is 0 Å². The molecular weight excluding hydrogens is 242 g/mol. The van der Waals surface area contributed by atoms with Gasteiger partial charge in [-0.2, -0.15) is 0 Å². The lowest BCUT2D eigenvalue weighted by atomic mass is 9.90. The van der Waals surface area contributed by atoms with Gasteiger partial charge < -0.3 is 5.73 Å². The molecule has 1 aromatic carbocycles. The molecule has 2 atom stereocenters. The third-order valence-electron chi connectivity index (χ3n) is 3.98. The molecule has 2 rings (SSSR count). The number of nitro benzene ring substituents is 1. The number of hydrogen-bond donors (Lipinski definition) is 1. The summed E-state index contributed by atoms with van der Waals surface area (Å²) in [6.07, 6.45) is 2.04.